The number of amides is 8. The van der Waals surface area contributed by atoms with Gasteiger partial charge in [-0.1, -0.05) is 147 Å². The van der Waals surface area contributed by atoms with Gasteiger partial charge in [-0.25, -0.2) is 4.79 Å². The number of hydrogen-bond donors (Lipinski definition) is 8. The lowest BCUT2D eigenvalue weighted by Crippen LogP contribution is -2.58. The molecular formula is C65H86N10O7. The average Bonchev–Trinajstić information content (AvgIpc) is 4.22. The van der Waals surface area contributed by atoms with Crippen molar-refractivity contribution in [2.45, 2.75) is 177 Å². The Morgan fingerprint density at radius 3 is 1.45 bits per heavy atom. The van der Waals surface area contributed by atoms with Crippen molar-refractivity contribution < 1.29 is 33.6 Å². The van der Waals surface area contributed by atoms with Crippen LogP contribution in [0.25, 0.3) is 0 Å². The van der Waals surface area contributed by atoms with E-state index in [1.807, 2.05) is 84.9 Å². The molecule has 3 saturated heterocycles. The summed E-state index contributed by atoms with van der Waals surface area (Å²) in [4.78, 5) is 98.4. The van der Waals surface area contributed by atoms with Crippen LogP contribution in [0.15, 0.2) is 121 Å². The number of fused-ring (bicyclic) bond motifs is 2. The number of aryl methyl sites for hydroxylation is 2. The van der Waals surface area contributed by atoms with Gasteiger partial charge < -0.3 is 52.3 Å². The van der Waals surface area contributed by atoms with Gasteiger partial charge in [0.05, 0.1) is 30.2 Å². The van der Waals surface area contributed by atoms with Gasteiger partial charge in [-0.15, -0.1) is 0 Å². The minimum atomic E-state index is -0.803. The van der Waals surface area contributed by atoms with Crippen molar-refractivity contribution in [1.82, 2.24) is 52.3 Å². The van der Waals surface area contributed by atoms with Crippen LogP contribution in [0.2, 0.25) is 0 Å². The van der Waals surface area contributed by atoms with Crippen LogP contribution in [0.3, 0.4) is 0 Å². The van der Waals surface area contributed by atoms with Gasteiger partial charge in [-0.3, -0.25) is 28.8 Å². The lowest BCUT2D eigenvalue weighted by atomic mass is 9.96. The number of hydrogen-bond acceptors (Lipinski definition) is 9. The van der Waals surface area contributed by atoms with Gasteiger partial charge >= 0.3 is 6.03 Å². The Morgan fingerprint density at radius 1 is 0.500 bits per heavy atom. The van der Waals surface area contributed by atoms with Crippen LogP contribution < -0.4 is 42.5 Å². The van der Waals surface area contributed by atoms with Crippen LogP contribution in [0.1, 0.15) is 149 Å². The first kappa shape index (κ1) is 60.7. The summed E-state index contributed by atoms with van der Waals surface area (Å²) in [6, 6.07) is 31.2. The number of carbonyl (C=O) groups is 7. The summed E-state index contributed by atoms with van der Waals surface area (Å²) in [6.45, 7) is 4.62. The summed E-state index contributed by atoms with van der Waals surface area (Å²) >= 11 is 0. The third kappa shape index (κ3) is 16.0. The monoisotopic (exact) mass is 1120 g/mol. The summed E-state index contributed by atoms with van der Waals surface area (Å²) in [5.74, 6) is -1.36. The first-order chi connectivity index (χ1) is 39.8. The summed E-state index contributed by atoms with van der Waals surface area (Å²) in [6.07, 6.45) is 16.3. The number of urea groups is 1. The van der Waals surface area contributed by atoms with Crippen LogP contribution >= 0.6 is 0 Å². The molecule has 0 bridgehead atoms. The Kier molecular flexibility index (Phi) is 22.3. The first-order valence-electron chi connectivity index (χ1n) is 30.0. The van der Waals surface area contributed by atoms with E-state index < -0.39 is 48.3 Å². The van der Waals surface area contributed by atoms with Crippen molar-refractivity contribution in [1.29, 1.82) is 0 Å². The van der Waals surface area contributed by atoms with Gasteiger partial charge in [0.2, 0.25) is 35.4 Å². The Hall–Kier alpha value is -7.37. The second-order valence-electron chi connectivity index (χ2n) is 22.6. The standard InChI is InChI=1S/C65H86N10O7/c1-43(66-3)59(76)70-53-27-13-11-25-51-37-39-55(74(51)63(53)80)61(78)72-57(47-21-7-5-8-22-47)49-33-29-45(30-34-49)19-15-17-41-68-65(82)69-42-18-16-20-46-31-35-50(36-32-46)58(48-23-9-6-10-24-48)73-62(79)56-40-38-52-26-12-14-28-54(64(81)75(52)56)71-60(77)44(2)67-4/h5-10,21-24,29-37,39,43-44,51-58,66-67H,11-20,25-28,38,40-42H2,1-4H3,(H,70,76)(H,71,77)(H,72,78)(H,73,79)(H2,68,69,82)/t43-,44-,51?,52-,53-,54-,55-,56-,57-,58-/m0/s1. The molecule has 0 radical (unpaired) electrons. The van der Waals surface area contributed by atoms with Crippen molar-refractivity contribution in [3.8, 4) is 0 Å². The van der Waals surface area contributed by atoms with E-state index in [0.29, 0.717) is 32.4 Å². The maximum Gasteiger partial charge on any atom is 0.314 e. The highest BCUT2D eigenvalue weighted by atomic mass is 16.2. The largest absolute Gasteiger partial charge is 0.343 e. The molecule has 17 nitrogen and oxygen atoms in total. The molecule has 1 unspecified atom stereocenters. The fourth-order valence-electron chi connectivity index (χ4n) is 11.9. The Bertz CT molecular complexity index is 2800. The molecule has 8 rings (SSSR count). The second-order valence-corrected chi connectivity index (χ2v) is 22.6. The first-order valence-corrected chi connectivity index (χ1v) is 30.0. The molecule has 0 aliphatic carbocycles. The molecular weight excluding hydrogens is 1030 g/mol. The SMILES string of the molecule is CN[C@@H](C)C(=O)N[C@H]1CCCCC2C=C[C@@H](C(=O)N[C@@H](c3ccccc3)c3ccc(CCCCNC(=O)NCCCCc4ccc([C@@H](NC(=O)[C@@H]5CC[C@@H]6CCCC[C@H](NC(=O)[C@H](C)NC)C(=O)N65)c5ccccc5)cc4)cc3)N2C1=O. The molecule has 4 aliphatic rings. The van der Waals surface area contributed by atoms with Crippen LogP contribution in [-0.2, 0) is 41.6 Å². The average molecular weight is 1120 g/mol. The number of rotatable bonds is 24. The zero-order chi connectivity index (χ0) is 58.0. The highest BCUT2D eigenvalue weighted by molar-refractivity contribution is 5.96. The predicted molar refractivity (Wildman–Crippen MR) is 318 cm³/mol. The van der Waals surface area contributed by atoms with Crippen LogP contribution in [0.5, 0.6) is 0 Å². The molecule has 4 aromatic carbocycles. The van der Waals surface area contributed by atoms with Crippen molar-refractivity contribution in [2.75, 3.05) is 27.2 Å². The fourth-order valence-corrected chi connectivity index (χ4v) is 11.9. The summed E-state index contributed by atoms with van der Waals surface area (Å²) < 4.78 is 0. The quantitative estimate of drug-likeness (QED) is 0.0281. The lowest BCUT2D eigenvalue weighted by molar-refractivity contribution is -0.144. The van der Waals surface area contributed by atoms with Gasteiger partial charge in [-0.05, 0) is 138 Å². The maximum atomic E-state index is 14.3. The predicted octanol–water partition coefficient (Wildman–Crippen LogP) is 6.57. The fraction of sp³-hybridized carbons (Fsp3) is 0.492. The van der Waals surface area contributed by atoms with E-state index in [2.05, 4.69) is 78.9 Å². The molecule has 10 atom stereocenters. The van der Waals surface area contributed by atoms with Crippen LogP contribution in [-0.4, -0.2) is 127 Å². The second kappa shape index (κ2) is 30.1. The highest BCUT2D eigenvalue weighted by Gasteiger charge is 2.45. The topological polar surface area (TPSA) is 222 Å². The van der Waals surface area contributed by atoms with Gasteiger partial charge in [0.1, 0.15) is 24.2 Å². The number of nitrogens with one attached hydrogen (secondary N) is 8. The van der Waals surface area contributed by atoms with Crippen molar-refractivity contribution >= 4 is 41.5 Å². The molecule has 3 fully saturated rings. The smallest absolute Gasteiger partial charge is 0.314 e. The van der Waals surface area contributed by atoms with E-state index >= 15 is 0 Å². The Labute approximate surface area is 484 Å². The molecule has 8 amide bonds. The molecule has 438 valence electrons. The summed E-state index contributed by atoms with van der Waals surface area (Å²) in [7, 11) is 3.42. The van der Waals surface area contributed by atoms with E-state index in [4.69, 9.17) is 0 Å². The van der Waals surface area contributed by atoms with E-state index in [9.17, 15) is 33.6 Å². The Balaban J connectivity index is 0.759. The number of benzene rings is 4. The van der Waals surface area contributed by atoms with Crippen molar-refractivity contribution in [3.63, 3.8) is 0 Å². The normalized spacial score (nSPS) is 22.1. The zero-order valence-corrected chi connectivity index (χ0v) is 48.3. The van der Waals surface area contributed by atoms with Crippen molar-refractivity contribution in [3.05, 3.63) is 155 Å². The minimum absolute atomic E-state index is 0.0349. The zero-order valence-electron chi connectivity index (χ0n) is 48.3. The molecule has 8 N–H and O–H groups in total. The number of carbonyl (C=O) groups excluding carboxylic acids is 7. The molecule has 4 heterocycles. The minimum Gasteiger partial charge on any atom is -0.343 e. The Morgan fingerprint density at radius 2 is 0.951 bits per heavy atom. The van der Waals surface area contributed by atoms with Gasteiger partial charge in [0, 0.05) is 19.1 Å². The van der Waals surface area contributed by atoms with Crippen LogP contribution in [0, 0.1) is 0 Å². The van der Waals surface area contributed by atoms with E-state index in [-0.39, 0.29) is 53.6 Å². The van der Waals surface area contributed by atoms with Gasteiger partial charge in [-0.2, -0.15) is 0 Å². The van der Waals surface area contributed by atoms with E-state index in [1.54, 1.807) is 37.7 Å². The van der Waals surface area contributed by atoms with Gasteiger partial charge in [0.25, 0.3) is 0 Å². The number of likely N-dealkylation sites (N-methyl/N-ethyl adjacent to an activating group) is 2. The number of nitrogens with zero attached hydrogens (tertiary/aromatic N) is 2. The van der Waals surface area contributed by atoms with Gasteiger partial charge in [0.15, 0.2) is 0 Å². The lowest BCUT2D eigenvalue weighted by Gasteiger charge is -2.36. The highest BCUT2D eigenvalue weighted by Crippen LogP contribution is 2.34. The molecule has 17 heteroatoms. The molecule has 4 aromatic rings. The van der Waals surface area contributed by atoms with E-state index in [0.717, 1.165) is 117 Å². The third-order valence-electron chi connectivity index (χ3n) is 17.0. The maximum absolute atomic E-state index is 14.3. The molecule has 0 aromatic heterocycles. The third-order valence-corrected chi connectivity index (χ3v) is 17.0. The number of unbranched alkanes of at least 4 members (excludes halogenated alkanes) is 2. The van der Waals surface area contributed by atoms with E-state index in [1.165, 1.54) is 0 Å². The molecule has 0 spiro atoms. The van der Waals surface area contributed by atoms with Crippen LogP contribution in [0.4, 0.5) is 4.79 Å². The van der Waals surface area contributed by atoms with Crippen molar-refractivity contribution in [2.24, 2.45) is 0 Å². The molecule has 0 saturated carbocycles. The summed E-state index contributed by atoms with van der Waals surface area (Å²) in [5, 5.41) is 24.3. The molecule has 82 heavy (non-hydrogen) atoms. The molecule has 4 aliphatic heterocycles. The summed E-state index contributed by atoms with van der Waals surface area (Å²) in [5.41, 5.74) is 6.02.